The average molecular weight is 247 g/mol. The van der Waals surface area contributed by atoms with E-state index in [-0.39, 0.29) is 5.78 Å². The molecule has 0 aliphatic heterocycles. The number of rotatable bonds is 8. The van der Waals surface area contributed by atoms with Crippen LogP contribution in [0.4, 0.5) is 0 Å². The van der Waals surface area contributed by atoms with Crippen LogP contribution in [0, 0.1) is 0 Å². The Bertz CT molecular complexity index is 422. The molecular formula is C13H17N3O2. The summed E-state index contributed by atoms with van der Waals surface area (Å²) in [6.45, 7) is 3.08. The van der Waals surface area contributed by atoms with E-state index in [0.29, 0.717) is 31.6 Å². The lowest BCUT2D eigenvalue weighted by Crippen LogP contribution is -2.00. The number of carbonyl (C=O) groups is 1. The van der Waals surface area contributed by atoms with Gasteiger partial charge in [0.15, 0.2) is 5.78 Å². The van der Waals surface area contributed by atoms with Crippen molar-refractivity contribution in [1.82, 2.24) is 0 Å². The highest BCUT2D eigenvalue weighted by Gasteiger charge is 2.05. The number of carbonyl (C=O) groups excluding carboxylic acids is 1. The van der Waals surface area contributed by atoms with Gasteiger partial charge in [0.25, 0.3) is 0 Å². The maximum atomic E-state index is 11.8. The molecule has 0 radical (unpaired) electrons. The van der Waals surface area contributed by atoms with Crippen LogP contribution in [-0.2, 0) is 0 Å². The van der Waals surface area contributed by atoms with Crippen molar-refractivity contribution < 1.29 is 9.53 Å². The van der Waals surface area contributed by atoms with E-state index < -0.39 is 0 Å². The summed E-state index contributed by atoms with van der Waals surface area (Å²) in [5.74, 6) is 0.840. The molecule has 0 aliphatic carbocycles. The molecule has 0 atom stereocenters. The Morgan fingerprint density at radius 3 is 2.72 bits per heavy atom. The van der Waals surface area contributed by atoms with Gasteiger partial charge in [0.2, 0.25) is 0 Å². The molecule has 0 saturated heterocycles. The van der Waals surface area contributed by atoms with Gasteiger partial charge in [0, 0.05) is 23.4 Å². The summed E-state index contributed by atoms with van der Waals surface area (Å²) in [4.78, 5) is 14.4. The number of ketones is 1. The Hall–Kier alpha value is -2.00. The molecule has 18 heavy (non-hydrogen) atoms. The molecule has 5 heteroatoms. The molecule has 0 aliphatic rings. The first-order valence-electron chi connectivity index (χ1n) is 6.05. The fraction of sp³-hybridized carbons (Fsp3) is 0.462. The Labute approximate surface area is 106 Å². The van der Waals surface area contributed by atoms with E-state index in [1.807, 2.05) is 6.92 Å². The minimum absolute atomic E-state index is 0.0604. The first-order chi connectivity index (χ1) is 8.77. The van der Waals surface area contributed by atoms with E-state index in [1.165, 1.54) is 0 Å². The van der Waals surface area contributed by atoms with Crippen molar-refractivity contribution in [2.75, 3.05) is 13.2 Å². The predicted octanol–water partition coefficient (Wildman–Crippen LogP) is 3.75. The molecule has 0 fully saturated rings. The normalized spacial score (nSPS) is 9.61. The molecular weight excluding hydrogens is 230 g/mol. The van der Waals surface area contributed by atoms with Crippen molar-refractivity contribution in [3.05, 3.63) is 40.3 Å². The number of benzene rings is 1. The fourth-order valence-electron chi connectivity index (χ4n) is 1.46. The SMILES string of the molecule is CCCOc1ccc(C(=O)CCCN=[N+]=[N-])cc1. The number of hydrogen-bond acceptors (Lipinski definition) is 3. The Morgan fingerprint density at radius 2 is 2.11 bits per heavy atom. The number of Topliss-reactive ketones (excluding diaryl/α,β-unsaturated/α-hetero) is 1. The number of azide groups is 1. The molecule has 96 valence electrons. The molecule has 1 rings (SSSR count). The van der Waals surface area contributed by atoms with Gasteiger partial charge >= 0.3 is 0 Å². The highest BCUT2D eigenvalue weighted by atomic mass is 16.5. The number of hydrogen-bond donors (Lipinski definition) is 0. The molecule has 0 amide bonds. The van der Waals surface area contributed by atoms with Crippen LogP contribution in [-0.4, -0.2) is 18.9 Å². The zero-order valence-corrected chi connectivity index (χ0v) is 10.5. The smallest absolute Gasteiger partial charge is 0.162 e. The van der Waals surface area contributed by atoms with Gasteiger partial charge in [-0.05, 0) is 42.6 Å². The van der Waals surface area contributed by atoms with E-state index in [4.69, 9.17) is 10.3 Å². The van der Waals surface area contributed by atoms with E-state index >= 15 is 0 Å². The maximum Gasteiger partial charge on any atom is 0.162 e. The van der Waals surface area contributed by atoms with Gasteiger partial charge in [-0.3, -0.25) is 4.79 Å². The van der Waals surface area contributed by atoms with Crippen molar-refractivity contribution in [2.24, 2.45) is 5.11 Å². The number of nitrogens with zero attached hydrogens (tertiary/aromatic N) is 3. The predicted molar refractivity (Wildman–Crippen MR) is 69.8 cm³/mol. The third kappa shape index (κ3) is 4.89. The van der Waals surface area contributed by atoms with Crippen LogP contribution in [0.3, 0.4) is 0 Å². The average Bonchev–Trinajstić information content (AvgIpc) is 2.41. The molecule has 1 aromatic carbocycles. The first kappa shape index (κ1) is 14.1. The van der Waals surface area contributed by atoms with Crippen molar-refractivity contribution in [3.63, 3.8) is 0 Å². The van der Waals surface area contributed by atoms with Gasteiger partial charge in [-0.15, -0.1) is 0 Å². The van der Waals surface area contributed by atoms with Gasteiger partial charge < -0.3 is 4.74 Å². The van der Waals surface area contributed by atoms with E-state index in [1.54, 1.807) is 24.3 Å². The van der Waals surface area contributed by atoms with Gasteiger partial charge in [-0.1, -0.05) is 12.0 Å². The lowest BCUT2D eigenvalue weighted by molar-refractivity contribution is 0.0981. The second-order valence-corrected chi connectivity index (χ2v) is 3.85. The third-order valence-electron chi connectivity index (χ3n) is 2.37. The molecule has 0 aromatic heterocycles. The molecule has 0 unspecified atom stereocenters. The highest BCUT2D eigenvalue weighted by Crippen LogP contribution is 2.14. The summed E-state index contributed by atoms with van der Waals surface area (Å²) in [6.07, 6.45) is 1.94. The van der Waals surface area contributed by atoms with E-state index in [9.17, 15) is 4.79 Å². The third-order valence-corrected chi connectivity index (χ3v) is 2.37. The standard InChI is InChI=1S/C13H17N3O2/c1-2-10-18-12-7-5-11(6-8-12)13(17)4-3-9-15-16-14/h5-8H,2-4,9-10H2,1H3. The summed E-state index contributed by atoms with van der Waals surface area (Å²) in [6, 6.07) is 7.13. The Balaban J connectivity index is 2.45. The van der Waals surface area contributed by atoms with Crippen LogP contribution in [0.1, 0.15) is 36.5 Å². The topological polar surface area (TPSA) is 75.1 Å². The maximum absolute atomic E-state index is 11.8. The molecule has 0 saturated carbocycles. The van der Waals surface area contributed by atoms with E-state index in [0.717, 1.165) is 12.2 Å². The zero-order chi connectivity index (χ0) is 13.2. The second-order valence-electron chi connectivity index (χ2n) is 3.85. The van der Waals surface area contributed by atoms with Crippen molar-refractivity contribution >= 4 is 5.78 Å². The van der Waals surface area contributed by atoms with Crippen molar-refractivity contribution in [2.45, 2.75) is 26.2 Å². The van der Waals surface area contributed by atoms with Crippen molar-refractivity contribution in [3.8, 4) is 5.75 Å². The Morgan fingerprint density at radius 1 is 1.39 bits per heavy atom. The summed E-state index contributed by atoms with van der Waals surface area (Å²) in [5.41, 5.74) is 8.78. The molecule has 5 nitrogen and oxygen atoms in total. The highest BCUT2D eigenvalue weighted by molar-refractivity contribution is 5.96. The van der Waals surface area contributed by atoms with Gasteiger partial charge in [-0.25, -0.2) is 0 Å². The quantitative estimate of drug-likeness (QED) is 0.230. The summed E-state index contributed by atoms with van der Waals surface area (Å²) >= 11 is 0. The van der Waals surface area contributed by atoms with Crippen LogP contribution in [0.25, 0.3) is 10.4 Å². The largest absolute Gasteiger partial charge is 0.494 e. The molecule has 1 aromatic rings. The van der Waals surface area contributed by atoms with Crippen LogP contribution < -0.4 is 4.74 Å². The van der Waals surface area contributed by atoms with Crippen LogP contribution in [0.2, 0.25) is 0 Å². The van der Waals surface area contributed by atoms with Gasteiger partial charge in [-0.2, -0.15) is 0 Å². The molecule has 0 spiro atoms. The minimum Gasteiger partial charge on any atom is -0.494 e. The van der Waals surface area contributed by atoms with Crippen LogP contribution >= 0.6 is 0 Å². The lowest BCUT2D eigenvalue weighted by atomic mass is 10.1. The Kier molecular flexibility index (Phi) is 6.36. The molecule has 0 N–H and O–H groups in total. The lowest BCUT2D eigenvalue weighted by Gasteiger charge is -2.05. The molecule has 0 bridgehead atoms. The second kappa shape index (κ2) is 8.14. The first-order valence-corrected chi connectivity index (χ1v) is 6.05. The zero-order valence-electron chi connectivity index (χ0n) is 10.5. The van der Waals surface area contributed by atoms with E-state index in [2.05, 4.69) is 10.0 Å². The van der Waals surface area contributed by atoms with Crippen molar-refractivity contribution in [1.29, 1.82) is 0 Å². The summed E-state index contributed by atoms with van der Waals surface area (Å²) in [5, 5.41) is 3.39. The molecule has 0 heterocycles. The van der Waals surface area contributed by atoms with Crippen LogP contribution in [0.15, 0.2) is 29.4 Å². The summed E-state index contributed by atoms with van der Waals surface area (Å²) < 4.78 is 5.44. The van der Waals surface area contributed by atoms with Crippen LogP contribution in [0.5, 0.6) is 5.75 Å². The minimum atomic E-state index is 0.0604. The fourth-order valence-corrected chi connectivity index (χ4v) is 1.46. The summed E-state index contributed by atoms with van der Waals surface area (Å²) in [7, 11) is 0. The number of ether oxygens (including phenoxy) is 1. The monoisotopic (exact) mass is 247 g/mol. The van der Waals surface area contributed by atoms with Gasteiger partial charge in [0.05, 0.1) is 6.61 Å². The van der Waals surface area contributed by atoms with Gasteiger partial charge in [0.1, 0.15) is 5.75 Å².